The van der Waals surface area contributed by atoms with Crippen LogP contribution in [0.5, 0.6) is 11.5 Å². The number of nitrogens with zero attached hydrogens (tertiary/aromatic N) is 1. The van der Waals surface area contributed by atoms with Gasteiger partial charge in [0.2, 0.25) is 0 Å². The van der Waals surface area contributed by atoms with Crippen LogP contribution in [0.1, 0.15) is 0 Å². The Hall–Kier alpha value is -2.50. The SMILES string of the molecule is O=[N+]([O-])c1cc(F)c(Oc2ccccc2)c(F)c1. The van der Waals surface area contributed by atoms with Gasteiger partial charge in [0.1, 0.15) is 5.75 Å². The van der Waals surface area contributed by atoms with Crippen molar-refractivity contribution in [3.63, 3.8) is 0 Å². The van der Waals surface area contributed by atoms with Crippen molar-refractivity contribution in [3.05, 3.63) is 64.2 Å². The van der Waals surface area contributed by atoms with E-state index in [1.54, 1.807) is 18.2 Å². The Kier molecular flexibility index (Phi) is 3.18. The van der Waals surface area contributed by atoms with Crippen LogP contribution in [0.4, 0.5) is 14.5 Å². The average molecular weight is 251 g/mol. The minimum atomic E-state index is -1.12. The molecule has 2 rings (SSSR count). The number of benzene rings is 2. The fourth-order valence-corrected chi connectivity index (χ4v) is 1.36. The maximum Gasteiger partial charge on any atom is 0.275 e. The summed E-state index contributed by atoms with van der Waals surface area (Å²) in [5, 5.41) is 10.4. The molecule has 6 heteroatoms. The highest BCUT2D eigenvalue weighted by atomic mass is 19.1. The van der Waals surface area contributed by atoms with E-state index in [4.69, 9.17) is 4.74 Å². The molecule has 0 atom stereocenters. The summed E-state index contributed by atoms with van der Waals surface area (Å²) in [4.78, 5) is 9.53. The summed E-state index contributed by atoms with van der Waals surface area (Å²) < 4.78 is 32.0. The van der Waals surface area contributed by atoms with E-state index < -0.39 is 28.0 Å². The lowest BCUT2D eigenvalue weighted by Gasteiger charge is -2.07. The van der Waals surface area contributed by atoms with Crippen molar-refractivity contribution in [2.75, 3.05) is 0 Å². The molecule has 0 fully saturated rings. The maximum atomic E-state index is 13.5. The quantitative estimate of drug-likeness (QED) is 0.617. The highest BCUT2D eigenvalue weighted by molar-refractivity contribution is 5.41. The van der Waals surface area contributed by atoms with Gasteiger partial charge in [0.25, 0.3) is 5.69 Å². The van der Waals surface area contributed by atoms with Crippen molar-refractivity contribution in [3.8, 4) is 11.5 Å². The van der Waals surface area contributed by atoms with Crippen molar-refractivity contribution >= 4 is 5.69 Å². The van der Waals surface area contributed by atoms with Crippen molar-refractivity contribution in [1.82, 2.24) is 0 Å². The molecule has 0 N–H and O–H groups in total. The molecule has 4 nitrogen and oxygen atoms in total. The first-order valence-corrected chi connectivity index (χ1v) is 4.94. The topological polar surface area (TPSA) is 52.4 Å². The third-order valence-corrected chi connectivity index (χ3v) is 2.16. The first kappa shape index (κ1) is 12.0. The minimum absolute atomic E-state index is 0.240. The second-order valence-electron chi connectivity index (χ2n) is 3.41. The number of nitro benzene ring substituents is 1. The van der Waals surface area contributed by atoms with Crippen molar-refractivity contribution in [2.24, 2.45) is 0 Å². The number of para-hydroxylation sites is 1. The Bertz CT molecular complexity index is 564. The predicted octanol–water partition coefficient (Wildman–Crippen LogP) is 3.67. The van der Waals surface area contributed by atoms with Crippen LogP contribution in [0.25, 0.3) is 0 Å². The zero-order valence-electron chi connectivity index (χ0n) is 8.97. The van der Waals surface area contributed by atoms with Gasteiger partial charge in [-0.05, 0) is 12.1 Å². The second kappa shape index (κ2) is 4.79. The molecule has 2 aromatic rings. The third kappa shape index (κ3) is 2.42. The molecule has 2 aromatic carbocycles. The molecule has 0 aliphatic carbocycles. The molecule has 0 amide bonds. The molecule has 0 spiro atoms. The first-order valence-electron chi connectivity index (χ1n) is 4.94. The molecule has 0 aromatic heterocycles. The van der Waals surface area contributed by atoms with Crippen molar-refractivity contribution in [1.29, 1.82) is 0 Å². The van der Waals surface area contributed by atoms with Gasteiger partial charge in [-0.1, -0.05) is 18.2 Å². The van der Waals surface area contributed by atoms with Gasteiger partial charge >= 0.3 is 0 Å². The largest absolute Gasteiger partial charge is 0.451 e. The van der Waals surface area contributed by atoms with Gasteiger partial charge in [-0.25, -0.2) is 8.78 Å². The van der Waals surface area contributed by atoms with E-state index in [2.05, 4.69) is 0 Å². The Balaban J connectivity index is 2.37. The lowest BCUT2D eigenvalue weighted by molar-refractivity contribution is -0.385. The zero-order valence-corrected chi connectivity index (χ0v) is 8.97. The second-order valence-corrected chi connectivity index (χ2v) is 3.41. The van der Waals surface area contributed by atoms with Crippen LogP contribution in [-0.4, -0.2) is 4.92 Å². The Morgan fingerprint density at radius 3 is 2.11 bits per heavy atom. The van der Waals surface area contributed by atoms with E-state index in [1.165, 1.54) is 12.1 Å². The molecule has 0 radical (unpaired) electrons. The number of nitro groups is 1. The third-order valence-electron chi connectivity index (χ3n) is 2.16. The maximum absolute atomic E-state index is 13.5. The Morgan fingerprint density at radius 1 is 1.06 bits per heavy atom. The summed E-state index contributed by atoms with van der Waals surface area (Å²) in [5.41, 5.74) is -0.662. The van der Waals surface area contributed by atoms with E-state index >= 15 is 0 Å². The van der Waals surface area contributed by atoms with Crippen molar-refractivity contribution < 1.29 is 18.4 Å². The summed E-state index contributed by atoms with van der Waals surface area (Å²) in [6.07, 6.45) is 0. The zero-order chi connectivity index (χ0) is 13.1. The average Bonchev–Trinajstić information content (AvgIpc) is 2.34. The van der Waals surface area contributed by atoms with E-state index in [0.29, 0.717) is 12.1 Å². The Morgan fingerprint density at radius 2 is 1.61 bits per heavy atom. The molecule has 92 valence electrons. The first-order chi connectivity index (χ1) is 8.58. The summed E-state index contributed by atoms with van der Waals surface area (Å²) in [6, 6.07) is 9.24. The van der Waals surface area contributed by atoms with Gasteiger partial charge in [-0.3, -0.25) is 10.1 Å². The van der Waals surface area contributed by atoms with Crippen LogP contribution < -0.4 is 4.74 Å². The highest BCUT2D eigenvalue weighted by Gasteiger charge is 2.18. The standard InChI is InChI=1S/C12H7F2NO3/c13-10-6-8(15(16)17)7-11(14)12(10)18-9-4-2-1-3-5-9/h1-7H. The number of hydrogen-bond acceptors (Lipinski definition) is 3. The smallest absolute Gasteiger partial charge is 0.275 e. The lowest BCUT2D eigenvalue weighted by atomic mass is 10.2. The van der Waals surface area contributed by atoms with Gasteiger partial charge in [0.05, 0.1) is 17.1 Å². The van der Waals surface area contributed by atoms with Crippen LogP contribution in [-0.2, 0) is 0 Å². The van der Waals surface area contributed by atoms with Gasteiger partial charge in [-0.15, -0.1) is 0 Å². The molecule has 0 bridgehead atoms. The van der Waals surface area contributed by atoms with Crippen LogP contribution in [0.3, 0.4) is 0 Å². The van der Waals surface area contributed by atoms with E-state index in [-0.39, 0.29) is 5.75 Å². The minimum Gasteiger partial charge on any atom is -0.451 e. The fraction of sp³-hybridized carbons (Fsp3) is 0. The summed E-state index contributed by atoms with van der Waals surface area (Å²) in [7, 11) is 0. The number of ether oxygens (including phenoxy) is 1. The molecule has 0 heterocycles. The Labute approximate surface area is 101 Å². The van der Waals surface area contributed by atoms with Crippen LogP contribution in [0.15, 0.2) is 42.5 Å². The number of rotatable bonds is 3. The fourth-order valence-electron chi connectivity index (χ4n) is 1.36. The van der Waals surface area contributed by atoms with Crippen LogP contribution in [0.2, 0.25) is 0 Å². The molecule has 0 aliphatic heterocycles. The van der Waals surface area contributed by atoms with Crippen molar-refractivity contribution in [2.45, 2.75) is 0 Å². The summed E-state index contributed by atoms with van der Waals surface area (Å²) in [5.74, 6) is -2.66. The van der Waals surface area contributed by atoms with E-state index in [9.17, 15) is 18.9 Å². The van der Waals surface area contributed by atoms with Gasteiger partial charge in [-0.2, -0.15) is 0 Å². The van der Waals surface area contributed by atoms with Gasteiger partial charge in [0, 0.05) is 0 Å². The summed E-state index contributed by atoms with van der Waals surface area (Å²) >= 11 is 0. The molecular weight excluding hydrogens is 244 g/mol. The molecular formula is C12H7F2NO3. The monoisotopic (exact) mass is 251 g/mol. The predicted molar refractivity (Wildman–Crippen MR) is 59.5 cm³/mol. The van der Waals surface area contributed by atoms with Gasteiger partial charge in [0.15, 0.2) is 17.4 Å². The molecule has 18 heavy (non-hydrogen) atoms. The molecule has 0 unspecified atom stereocenters. The lowest BCUT2D eigenvalue weighted by Crippen LogP contribution is -1.96. The molecule has 0 saturated carbocycles. The molecule has 0 saturated heterocycles. The highest BCUT2D eigenvalue weighted by Crippen LogP contribution is 2.30. The van der Waals surface area contributed by atoms with E-state index in [1.807, 2.05) is 0 Å². The summed E-state index contributed by atoms with van der Waals surface area (Å²) in [6.45, 7) is 0. The van der Waals surface area contributed by atoms with E-state index in [0.717, 1.165) is 0 Å². The normalized spacial score (nSPS) is 10.1. The number of hydrogen-bond donors (Lipinski definition) is 0. The van der Waals surface area contributed by atoms with Gasteiger partial charge < -0.3 is 4.74 Å². The van der Waals surface area contributed by atoms with Crippen LogP contribution >= 0.6 is 0 Å². The van der Waals surface area contributed by atoms with Crippen LogP contribution in [0, 0.1) is 21.7 Å². The molecule has 0 aliphatic rings. The number of non-ortho nitro benzene ring substituents is 1. The number of halogens is 2.